The number of morpholine rings is 1. The number of piperazine rings is 1. The van der Waals surface area contributed by atoms with E-state index in [1.54, 1.807) is 0 Å². The number of aliphatic hydroxyl groups is 1. The lowest BCUT2D eigenvalue weighted by atomic mass is 10.0. The Balaban J connectivity index is 1.48. The average Bonchev–Trinajstić information content (AvgIpc) is 3.20. The number of aliphatic hydroxyl groups excluding tert-OH is 1. The molecule has 2 fully saturated rings. The van der Waals surface area contributed by atoms with Crippen LogP contribution in [-0.4, -0.2) is 86.7 Å². The molecule has 1 aromatic carbocycles. The Kier molecular flexibility index (Phi) is 7.66. The highest BCUT2D eigenvalue weighted by molar-refractivity contribution is 7.72. The first-order valence-corrected chi connectivity index (χ1v) is 14.2. The first kappa shape index (κ1) is 24.6. The molecule has 5 rings (SSSR count). The van der Waals surface area contributed by atoms with Crippen LogP contribution in [0.3, 0.4) is 0 Å². The summed E-state index contributed by atoms with van der Waals surface area (Å²) in [7, 11) is -2.37. The molecular formula is C25H32N4O4S2. The van der Waals surface area contributed by atoms with Crippen LogP contribution < -0.4 is 4.90 Å². The molecule has 10 heteroatoms. The van der Waals surface area contributed by atoms with Crippen molar-refractivity contribution < 1.29 is 18.3 Å². The van der Waals surface area contributed by atoms with E-state index in [0.29, 0.717) is 13.2 Å². The highest BCUT2D eigenvalue weighted by Crippen LogP contribution is 2.40. The maximum absolute atomic E-state index is 11.1. The number of hydrogen-bond donors (Lipinski definition) is 2. The molecule has 8 nitrogen and oxygen atoms in total. The van der Waals surface area contributed by atoms with Gasteiger partial charge in [-0.25, -0.2) is 13.4 Å². The maximum Gasteiger partial charge on any atom is 0.153 e. The van der Waals surface area contributed by atoms with Gasteiger partial charge in [0.05, 0.1) is 36.1 Å². The van der Waals surface area contributed by atoms with E-state index in [9.17, 15) is 13.5 Å². The third-order valence-electron chi connectivity index (χ3n) is 6.87. The minimum atomic E-state index is -2.37. The van der Waals surface area contributed by atoms with Crippen molar-refractivity contribution >= 4 is 37.9 Å². The standard InChI is InChI=1S/C25H32N4O4S2/c1-18-21-14-22(20-4-2-3-19(13-20)16-30)26-25(29-9-11-33-12-10-29)24(21)34-23(18)15-27-5-7-28(8-6-27)17-35(31)32/h2-4,13-14,30,35H,5-12,15-17H2,1H3. The minimum absolute atomic E-state index is 0.00655. The topological polar surface area (TPSA) is 86.2 Å². The van der Waals surface area contributed by atoms with Crippen LogP contribution in [0.5, 0.6) is 0 Å². The molecule has 0 atom stereocenters. The zero-order chi connectivity index (χ0) is 24.4. The van der Waals surface area contributed by atoms with Crippen LogP contribution in [0.2, 0.25) is 0 Å². The molecular weight excluding hydrogens is 484 g/mol. The van der Waals surface area contributed by atoms with Crippen molar-refractivity contribution in [3.63, 3.8) is 0 Å². The summed E-state index contributed by atoms with van der Waals surface area (Å²) >= 11 is 1.82. The van der Waals surface area contributed by atoms with Gasteiger partial charge in [0.1, 0.15) is 5.82 Å². The number of pyridine rings is 1. The number of aromatic nitrogens is 1. The van der Waals surface area contributed by atoms with Crippen molar-refractivity contribution in [1.29, 1.82) is 0 Å². The molecule has 2 aromatic heterocycles. The molecule has 0 spiro atoms. The third kappa shape index (κ3) is 5.52. The van der Waals surface area contributed by atoms with E-state index in [-0.39, 0.29) is 12.5 Å². The summed E-state index contributed by atoms with van der Waals surface area (Å²) in [6, 6.07) is 10.1. The number of ether oxygens (including phenoxy) is 1. The summed E-state index contributed by atoms with van der Waals surface area (Å²) in [4.78, 5) is 13.2. The lowest BCUT2D eigenvalue weighted by Gasteiger charge is -2.33. The van der Waals surface area contributed by atoms with Gasteiger partial charge in [-0.3, -0.25) is 9.80 Å². The highest BCUT2D eigenvalue weighted by atomic mass is 32.2. The Hall–Kier alpha value is -2.08. The molecule has 2 saturated heterocycles. The van der Waals surface area contributed by atoms with Gasteiger partial charge in [0.15, 0.2) is 10.7 Å². The fraction of sp³-hybridized carbons (Fsp3) is 0.480. The number of anilines is 1. The number of thiol groups is 1. The van der Waals surface area contributed by atoms with Gasteiger partial charge >= 0.3 is 0 Å². The molecule has 0 saturated carbocycles. The monoisotopic (exact) mass is 516 g/mol. The SMILES string of the molecule is Cc1c(CN2CCN(C[SH](=O)=O)CC2)sc2c(N3CCOCC3)nc(-c3cccc(CO)c3)cc12. The Morgan fingerprint density at radius 3 is 2.51 bits per heavy atom. The van der Waals surface area contributed by atoms with Crippen LogP contribution >= 0.6 is 11.3 Å². The summed E-state index contributed by atoms with van der Waals surface area (Å²) in [5, 5.41) is 10.9. The summed E-state index contributed by atoms with van der Waals surface area (Å²) in [6.07, 6.45) is 0. The van der Waals surface area contributed by atoms with Crippen molar-refractivity contribution in [2.45, 2.75) is 20.1 Å². The normalized spacial score (nSPS) is 18.1. The van der Waals surface area contributed by atoms with E-state index in [1.165, 1.54) is 20.5 Å². The number of fused-ring (bicyclic) bond motifs is 1. The zero-order valence-corrected chi connectivity index (χ0v) is 21.7. The van der Waals surface area contributed by atoms with E-state index in [2.05, 4.69) is 22.8 Å². The van der Waals surface area contributed by atoms with E-state index in [0.717, 1.165) is 68.5 Å². The van der Waals surface area contributed by atoms with E-state index in [1.807, 2.05) is 40.5 Å². The summed E-state index contributed by atoms with van der Waals surface area (Å²) in [6.45, 7) is 9.38. The fourth-order valence-corrected chi connectivity index (χ4v) is 6.78. The van der Waals surface area contributed by atoms with Gasteiger partial charge < -0.3 is 14.7 Å². The van der Waals surface area contributed by atoms with Gasteiger partial charge in [0.2, 0.25) is 0 Å². The Morgan fingerprint density at radius 2 is 1.80 bits per heavy atom. The number of nitrogens with zero attached hydrogens (tertiary/aromatic N) is 4. The molecule has 0 amide bonds. The highest BCUT2D eigenvalue weighted by Gasteiger charge is 2.23. The second-order valence-corrected chi connectivity index (χ2v) is 11.2. The minimum Gasteiger partial charge on any atom is -0.392 e. The second-order valence-electron chi connectivity index (χ2n) is 9.18. The first-order valence-electron chi connectivity index (χ1n) is 12.0. The molecule has 0 bridgehead atoms. The quantitative estimate of drug-likeness (QED) is 0.463. The van der Waals surface area contributed by atoms with Crippen LogP contribution in [0.15, 0.2) is 30.3 Å². The zero-order valence-electron chi connectivity index (χ0n) is 20.0. The second kappa shape index (κ2) is 10.9. The van der Waals surface area contributed by atoms with Crippen molar-refractivity contribution in [3.8, 4) is 11.3 Å². The molecule has 188 valence electrons. The van der Waals surface area contributed by atoms with Crippen LogP contribution in [0.4, 0.5) is 5.82 Å². The van der Waals surface area contributed by atoms with Gasteiger partial charge in [-0.15, -0.1) is 11.3 Å². The number of thiophene rings is 1. The van der Waals surface area contributed by atoms with Crippen LogP contribution in [0, 0.1) is 6.92 Å². The van der Waals surface area contributed by atoms with Gasteiger partial charge in [-0.2, -0.15) is 0 Å². The molecule has 0 unspecified atom stereocenters. The van der Waals surface area contributed by atoms with E-state index >= 15 is 0 Å². The van der Waals surface area contributed by atoms with Crippen molar-refractivity contribution in [3.05, 3.63) is 46.3 Å². The van der Waals surface area contributed by atoms with Gasteiger partial charge in [-0.05, 0) is 30.2 Å². The molecule has 4 heterocycles. The molecule has 0 aliphatic carbocycles. The number of rotatable bonds is 7. The van der Waals surface area contributed by atoms with Gasteiger partial charge in [-0.1, -0.05) is 18.2 Å². The number of benzene rings is 1. The first-order chi connectivity index (χ1) is 17.0. The van der Waals surface area contributed by atoms with Crippen molar-refractivity contribution in [1.82, 2.24) is 14.8 Å². The van der Waals surface area contributed by atoms with Gasteiger partial charge in [0.25, 0.3) is 0 Å². The van der Waals surface area contributed by atoms with Crippen LogP contribution in [0.1, 0.15) is 16.0 Å². The molecule has 35 heavy (non-hydrogen) atoms. The lowest BCUT2D eigenvalue weighted by Crippen LogP contribution is -2.46. The van der Waals surface area contributed by atoms with Crippen LogP contribution in [0.25, 0.3) is 21.3 Å². The average molecular weight is 517 g/mol. The summed E-state index contributed by atoms with van der Waals surface area (Å²) < 4.78 is 28.9. The van der Waals surface area contributed by atoms with Crippen molar-refractivity contribution in [2.75, 3.05) is 63.3 Å². The molecule has 2 aliphatic rings. The molecule has 0 radical (unpaired) electrons. The smallest absolute Gasteiger partial charge is 0.153 e. The van der Waals surface area contributed by atoms with E-state index in [4.69, 9.17) is 9.72 Å². The third-order valence-corrected chi connectivity index (χ3v) is 8.79. The predicted octanol–water partition coefficient (Wildman–Crippen LogP) is 2.29. The van der Waals surface area contributed by atoms with Crippen molar-refractivity contribution in [2.24, 2.45) is 0 Å². The Bertz CT molecular complexity index is 1250. The summed E-state index contributed by atoms with van der Waals surface area (Å²) in [5.74, 6) is 1.17. The Labute approximate surface area is 211 Å². The lowest BCUT2D eigenvalue weighted by molar-refractivity contribution is 0.122. The summed E-state index contributed by atoms with van der Waals surface area (Å²) in [5.41, 5.74) is 4.09. The van der Waals surface area contributed by atoms with E-state index < -0.39 is 10.7 Å². The molecule has 3 aromatic rings. The number of aryl methyl sites for hydroxylation is 1. The molecule has 2 aliphatic heterocycles. The molecule has 1 N–H and O–H groups in total. The maximum atomic E-state index is 11.1. The largest absolute Gasteiger partial charge is 0.392 e. The number of hydrogen-bond acceptors (Lipinski definition) is 9. The van der Waals surface area contributed by atoms with Crippen LogP contribution in [-0.2, 0) is 28.6 Å². The Morgan fingerprint density at radius 1 is 1.06 bits per heavy atom. The van der Waals surface area contributed by atoms with Gasteiger partial charge in [0, 0.05) is 61.6 Å². The fourth-order valence-electron chi connectivity index (χ4n) is 4.82. The predicted molar refractivity (Wildman–Crippen MR) is 141 cm³/mol.